The van der Waals surface area contributed by atoms with Crippen LogP contribution in [0.15, 0.2) is 24.5 Å². The Bertz CT molecular complexity index is 920. The minimum atomic E-state index is -4.53. The quantitative estimate of drug-likeness (QED) is 0.712. The molecule has 4 nitrogen and oxygen atoms in total. The van der Waals surface area contributed by atoms with Crippen molar-refractivity contribution < 1.29 is 31.1 Å². The molecule has 0 unspecified atom stereocenters. The summed E-state index contributed by atoms with van der Waals surface area (Å²) in [5, 5.41) is 2.55. The number of hydrogen-bond donors (Lipinski definition) is 1. The van der Waals surface area contributed by atoms with Crippen molar-refractivity contribution in [2.75, 3.05) is 0 Å². The zero-order valence-electron chi connectivity index (χ0n) is 15.3. The number of amides is 1. The lowest BCUT2D eigenvalue weighted by Crippen LogP contribution is -2.46. The average Bonchev–Trinajstić information content (AvgIpc) is 3.36. The lowest BCUT2D eigenvalue weighted by atomic mass is 9.90. The number of carbonyl (C=O) groups excluding carboxylic acids is 1. The van der Waals surface area contributed by atoms with Gasteiger partial charge in [0.2, 0.25) is 5.91 Å². The summed E-state index contributed by atoms with van der Waals surface area (Å²) in [6.07, 6.45) is -5.61. The first-order chi connectivity index (χ1) is 13.5. The van der Waals surface area contributed by atoms with Crippen LogP contribution in [0, 0.1) is 5.41 Å². The molecule has 1 aromatic carbocycles. The smallest absolute Gasteiger partial charge is 0.353 e. The highest BCUT2D eigenvalue weighted by Gasteiger charge is 2.68. The van der Waals surface area contributed by atoms with Crippen LogP contribution in [0.1, 0.15) is 50.1 Å². The molecule has 1 heterocycles. The Labute approximate surface area is 162 Å². The van der Waals surface area contributed by atoms with Gasteiger partial charge in [-0.25, -0.2) is 4.98 Å². The van der Waals surface area contributed by atoms with E-state index in [1.807, 2.05) is 4.57 Å². The lowest BCUT2D eigenvalue weighted by molar-refractivity contribution is -0.192. The van der Waals surface area contributed by atoms with E-state index >= 15 is 0 Å². The molecule has 0 atom stereocenters. The number of hydrogen-bond acceptors (Lipinski definition) is 2. The third-order valence-electron chi connectivity index (χ3n) is 6.05. The number of carbonyl (C=O) groups is 1. The molecule has 1 N–H and O–H groups in total. The van der Waals surface area contributed by atoms with Crippen molar-refractivity contribution >= 4 is 16.9 Å². The molecular formula is C19H19F6N3O. The van der Waals surface area contributed by atoms with Crippen LogP contribution in [0.2, 0.25) is 0 Å². The molecule has 0 aliphatic heterocycles. The van der Waals surface area contributed by atoms with Gasteiger partial charge in [0.1, 0.15) is 5.41 Å². The van der Waals surface area contributed by atoms with Crippen LogP contribution in [0.4, 0.5) is 26.3 Å². The van der Waals surface area contributed by atoms with E-state index in [1.165, 1.54) is 12.4 Å². The fourth-order valence-corrected chi connectivity index (χ4v) is 4.09. The van der Waals surface area contributed by atoms with Crippen LogP contribution in [0.3, 0.4) is 0 Å². The van der Waals surface area contributed by atoms with Crippen LogP contribution in [0.5, 0.6) is 0 Å². The van der Waals surface area contributed by atoms with Crippen molar-refractivity contribution in [3.63, 3.8) is 0 Å². The van der Waals surface area contributed by atoms with E-state index in [0.717, 1.165) is 12.1 Å². The number of aromatic nitrogens is 2. The maximum absolute atomic E-state index is 13.1. The second kappa shape index (κ2) is 6.63. The fourth-order valence-electron chi connectivity index (χ4n) is 4.09. The summed E-state index contributed by atoms with van der Waals surface area (Å²) in [5.41, 5.74) is -2.16. The maximum atomic E-state index is 13.1. The number of benzene rings is 1. The molecule has 2 aliphatic rings. The van der Waals surface area contributed by atoms with Crippen molar-refractivity contribution in [1.29, 1.82) is 0 Å². The van der Waals surface area contributed by atoms with Crippen LogP contribution >= 0.6 is 0 Å². The first-order valence-corrected chi connectivity index (χ1v) is 9.43. The van der Waals surface area contributed by atoms with Crippen molar-refractivity contribution in [3.8, 4) is 0 Å². The maximum Gasteiger partial charge on any atom is 0.416 e. The van der Waals surface area contributed by atoms with Gasteiger partial charge in [-0.3, -0.25) is 4.79 Å². The minimum Gasteiger partial charge on any atom is -0.353 e. The first-order valence-electron chi connectivity index (χ1n) is 9.43. The van der Waals surface area contributed by atoms with Gasteiger partial charge in [0, 0.05) is 12.1 Å². The molecule has 0 saturated heterocycles. The number of halogens is 6. The highest BCUT2D eigenvalue weighted by atomic mass is 19.4. The standard InChI is InChI=1S/C19H19F6N3O/c20-18(21,22)11-1-6-15-14(9-11)26-10-28(15)13-4-2-12(3-5-13)27-16(29)17(7-8-17)19(23,24)25/h1,6,9-10,12-13H,2-5,7-8H2,(H,27,29). The van der Waals surface area contributed by atoms with E-state index in [1.54, 1.807) is 0 Å². The van der Waals surface area contributed by atoms with E-state index < -0.39 is 29.2 Å². The van der Waals surface area contributed by atoms with Crippen molar-refractivity contribution in [2.24, 2.45) is 5.41 Å². The molecule has 0 radical (unpaired) electrons. The average molecular weight is 419 g/mol. The molecule has 0 bridgehead atoms. The summed E-state index contributed by atoms with van der Waals surface area (Å²) in [6, 6.07) is 3.05. The van der Waals surface area contributed by atoms with Gasteiger partial charge in [0.05, 0.1) is 22.9 Å². The summed E-state index contributed by atoms with van der Waals surface area (Å²) in [5.74, 6) is -0.943. The fraction of sp³-hybridized carbons (Fsp3) is 0.579. The topological polar surface area (TPSA) is 46.9 Å². The second-order valence-corrected chi connectivity index (χ2v) is 7.91. The van der Waals surface area contributed by atoms with Gasteiger partial charge in [0.25, 0.3) is 0 Å². The van der Waals surface area contributed by atoms with Crippen LogP contribution < -0.4 is 5.32 Å². The summed E-state index contributed by atoms with van der Waals surface area (Å²) in [6.45, 7) is 0. The highest BCUT2D eigenvalue weighted by Crippen LogP contribution is 2.57. The molecule has 10 heteroatoms. The zero-order valence-corrected chi connectivity index (χ0v) is 15.3. The number of nitrogens with zero attached hydrogens (tertiary/aromatic N) is 2. The number of imidazole rings is 1. The van der Waals surface area contributed by atoms with Crippen LogP contribution in [-0.2, 0) is 11.0 Å². The Balaban J connectivity index is 1.41. The number of fused-ring (bicyclic) bond motifs is 1. The van der Waals surface area contributed by atoms with Crippen LogP contribution in [-0.4, -0.2) is 27.7 Å². The third kappa shape index (κ3) is 3.57. The molecule has 2 fully saturated rings. The van der Waals surface area contributed by atoms with Gasteiger partial charge < -0.3 is 9.88 Å². The summed E-state index contributed by atoms with van der Waals surface area (Å²) < 4.78 is 79.5. The Morgan fingerprint density at radius 3 is 2.28 bits per heavy atom. The monoisotopic (exact) mass is 419 g/mol. The number of alkyl halides is 6. The Hall–Kier alpha value is -2.26. The Morgan fingerprint density at radius 2 is 1.72 bits per heavy atom. The summed E-state index contributed by atoms with van der Waals surface area (Å²) >= 11 is 0. The minimum absolute atomic E-state index is 0.0256. The van der Waals surface area contributed by atoms with Gasteiger partial charge in [-0.1, -0.05) is 0 Å². The second-order valence-electron chi connectivity index (χ2n) is 7.91. The van der Waals surface area contributed by atoms with E-state index in [-0.39, 0.29) is 30.4 Å². The summed E-state index contributed by atoms with van der Waals surface area (Å²) in [7, 11) is 0. The van der Waals surface area contributed by atoms with Gasteiger partial charge >= 0.3 is 12.4 Å². The van der Waals surface area contributed by atoms with Gasteiger partial charge in [-0.15, -0.1) is 0 Å². The van der Waals surface area contributed by atoms with Crippen molar-refractivity contribution in [1.82, 2.24) is 14.9 Å². The molecule has 2 saturated carbocycles. The Morgan fingerprint density at radius 1 is 1.07 bits per heavy atom. The molecule has 4 rings (SSSR count). The summed E-state index contributed by atoms with van der Waals surface area (Å²) in [4.78, 5) is 16.2. The van der Waals surface area contributed by atoms with Crippen molar-refractivity contribution in [2.45, 2.75) is 63.0 Å². The molecule has 2 aromatic rings. The third-order valence-corrected chi connectivity index (χ3v) is 6.05. The number of rotatable bonds is 3. The van der Waals surface area contributed by atoms with Gasteiger partial charge in [-0.05, 0) is 56.7 Å². The molecule has 158 valence electrons. The molecule has 2 aliphatic carbocycles. The van der Waals surface area contributed by atoms with Gasteiger partial charge in [-0.2, -0.15) is 26.3 Å². The number of nitrogens with one attached hydrogen (secondary N) is 1. The predicted octanol–water partition coefficient (Wildman–Crippen LogP) is 5.00. The Kier molecular flexibility index (Phi) is 4.58. The first kappa shape index (κ1) is 20.0. The molecule has 1 amide bonds. The largest absolute Gasteiger partial charge is 0.416 e. The molecule has 0 spiro atoms. The highest BCUT2D eigenvalue weighted by molar-refractivity contribution is 5.86. The van der Waals surface area contributed by atoms with E-state index in [4.69, 9.17) is 0 Å². The lowest BCUT2D eigenvalue weighted by Gasteiger charge is -2.31. The van der Waals surface area contributed by atoms with E-state index in [2.05, 4.69) is 10.3 Å². The van der Waals surface area contributed by atoms with E-state index in [9.17, 15) is 31.1 Å². The molecule has 1 aromatic heterocycles. The van der Waals surface area contributed by atoms with Gasteiger partial charge in [0.15, 0.2) is 0 Å². The zero-order chi connectivity index (χ0) is 21.0. The van der Waals surface area contributed by atoms with Crippen LogP contribution in [0.25, 0.3) is 11.0 Å². The molecular weight excluding hydrogens is 400 g/mol. The van der Waals surface area contributed by atoms with Crippen molar-refractivity contribution in [3.05, 3.63) is 30.1 Å². The molecule has 29 heavy (non-hydrogen) atoms. The normalized spacial score (nSPS) is 24.5. The SMILES string of the molecule is O=C(NC1CCC(n2cnc3cc(C(F)(F)F)ccc32)CC1)C1(C(F)(F)F)CC1. The predicted molar refractivity (Wildman–Crippen MR) is 91.9 cm³/mol. The van der Waals surface area contributed by atoms with E-state index in [0.29, 0.717) is 31.2 Å².